The van der Waals surface area contributed by atoms with E-state index in [0.717, 1.165) is 0 Å². The summed E-state index contributed by atoms with van der Waals surface area (Å²) in [6.07, 6.45) is 0. The zero-order chi connectivity index (χ0) is 15.4. The van der Waals surface area contributed by atoms with Gasteiger partial charge in [-0.25, -0.2) is 33.7 Å². The van der Waals surface area contributed by atoms with Gasteiger partial charge in [-0.2, -0.15) is 7.26 Å². The van der Waals surface area contributed by atoms with Gasteiger partial charge in [0, 0.05) is 0 Å². The Morgan fingerprint density at radius 1 is 0.476 bits per heavy atom. The van der Waals surface area contributed by atoms with Crippen molar-refractivity contribution >= 4 is 41.6 Å². The van der Waals surface area contributed by atoms with Crippen molar-refractivity contribution in [3.63, 3.8) is 0 Å². The van der Waals surface area contributed by atoms with Gasteiger partial charge in [-0.15, -0.1) is 0 Å². The molecule has 21 heavy (non-hydrogen) atoms. The molecule has 21 heteroatoms. The van der Waals surface area contributed by atoms with Crippen LogP contribution in [0.1, 0.15) is 0 Å². The van der Waals surface area contributed by atoms with Crippen LogP contribution < -0.4 is 12.3 Å². The zero-order valence-corrected chi connectivity index (χ0v) is 13.9. The molecular weight excluding hydrogens is 444 g/mol. The smallest absolute Gasteiger partial charge is 0.725 e. The van der Waals surface area contributed by atoms with E-state index in [2.05, 4.69) is 7.26 Å². The molecule has 137 valence electrons. The predicted octanol–water partition coefficient (Wildman–Crippen LogP) is -3.40. The van der Waals surface area contributed by atoms with Crippen molar-refractivity contribution in [2.75, 3.05) is 0 Å². The summed E-state index contributed by atoms with van der Waals surface area (Å²) in [6, 6.07) is 0. The topological polar surface area (TPSA) is 320 Å². The molecule has 0 aromatic rings. The second-order valence-corrected chi connectivity index (χ2v) is 6.12. The fourth-order valence-electron chi connectivity index (χ4n) is 0.204. The third-order valence-electron chi connectivity index (χ3n) is 0.333. The van der Waals surface area contributed by atoms with Gasteiger partial charge in [0.15, 0.2) is 0 Å². The summed E-state index contributed by atoms with van der Waals surface area (Å²) < 4.78 is 116. The summed E-state index contributed by atoms with van der Waals surface area (Å²) in [5.74, 6) is 0. The number of quaternary nitrogens is 2. The summed E-state index contributed by atoms with van der Waals surface area (Å²) in [6.45, 7) is 0. The Morgan fingerprint density at radius 2 is 0.571 bits per heavy atom. The monoisotopic (exact) mass is 451 g/mol. The number of hydrogen-bond donors (Lipinski definition) is 2. The van der Waals surface area contributed by atoms with Crippen molar-refractivity contribution in [3.8, 4) is 0 Å². The molecule has 0 bridgehead atoms. The Labute approximate surface area is 130 Å². The Kier molecular flexibility index (Phi) is 16.7. The van der Waals surface area contributed by atoms with Gasteiger partial charge in [0.05, 0.1) is 0 Å². The fraction of sp³-hybridized carbons (Fsp3) is 0. The van der Waals surface area contributed by atoms with Crippen LogP contribution >= 0.6 is 0 Å². The maximum absolute atomic E-state index is 9.29. The number of hydrogen-bond acceptors (Lipinski definition) is 14. The molecule has 0 spiro atoms. The van der Waals surface area contributed by atoms with E-state index in [4.69, 9.17) is 0 Å². The normalized spacial score (nSPS) is 11.6. The van der Waals surface area contributed by atoms with Gasteiger partial charge in [-0.05, 0) is 0 Å². The standard InChI is InChI=1S/Cu.2H3N.2H2O7S2/c;;;2*1-8(2,3)7-9(4,5)6/h;2*1H3;2*(H,1,2,3)(H,4,5,6)/q+2;;;;/p-2. The molecule has 0 aliphatic heterocycles. The van der Waals surface area contributed by atoms with Gasteiger partial charge in [0.25, 0.3) is 0 Å². The molecule has 0 aromatic carbocycles. The molecule has 8 N–H and O–H groups in total. The molecule has 1 radical (unpaired) electrons. The Balaban J connectivity index is -0.0000000711. The van der Waals surface area contributed by atoms with E-state index < -0.39 is 41.6 Å². The molecule has 0 saturated heterocycles. The van der Waals surface area contributed by atoms with E-state index in [1.165, 1.54) is 0 Å². The molecule has 0 heterocycles. The largest absolute Gasteiger partial charge is 2.00 e. The predicted molar refractivity (Wildman–Crippen MR) is 52.9 cm³/mol. The van der Waals surface area contributed by atoms with E-state index in [1.807, 2.05) is 0 Å². The molecule has 0 unspecified atom stereocenters. The molecule has 0 rings (SSSR count). The molecular formula is H8CuN2O14S4. The van der Waals surface area contributed by atoms with E-state index in [1.54, 1.807) is 0 Å². The molecule has 0 aromatic heterocycles. The average molecular weight is 452 g/mol. The quantitative estimate of drug-likeness (QED) is 0.239. The molecule has 0 fully saturated rings. The minimum Gasteiger partial charge on any atom is -0.725 e. The van der Waals surface area contributed by atoms with Crippen LogP contribution in [0.25, 0.3) is 0 Å². The van der Waals surface area contributed by atoms with E-state index in [-0.39, 0.29) is 29.4 Å². The molecule has 16 nitrogen and oxygen atoms in total. The second-order valence-electron chi connectivity index (χ2n) is 1.77. The summed E-state index contributed by atoms with van der Waals surface area (Å²) in [4.78, 5) is 0. The maximum atomic E-state index is 9.29. The Morgan fingerprint density at radius 3 is 0.571 bits per heavy atom. The van der Waals surface area contributed by atoms with E-state index in [0.29, 0.717) is 0 Å². The number of rotatable bonds is 4. The fourth-order valence-corrected chi connectivity index (χ4v) is 1.84. The molecule has 0 aliphatic rings. The van der Waals surface area contributed by atoms with Crippen molar-refractivity contribution in [2.45, 2.75) is 0 Å². The van der Waals surface area contributed by atoms with E-state index >= 15 is 0 Å². The van der Waals surface area contributed by atoms with Gasteiger partial charge in [-0.3, -0.25) is 0 Å². The van der Waals surface area contributed by atoms with Crippen LogP contribution in [-0.2, 0) is 65.9 Å². The van der Waals surface area contributed by atoms with Gasteiger partial charge < -0.3 is 30.5 Å². The molecule has 0 amide bonds. The van der Waals surface area contributed by atoms with Crippen molar-refractivity contribution in [1.82, 2.24) is 12.3 Å². The van der Waals surface area contributed by atoms with Gasteiger partial charge in [-0.1, -0.05) is 0 Å². The molecule has 0 aliphatic carbocycles. The maximum Gasteiger partial charge on any atom is 2.00 e. The van der Waals surface area contributed by atoms with Gasteiger partial charge >= 0.3 is 17.1 Å². The first kappa shape index (κ1) is 32.8. The first-order valence-corrected chi connectivity index (χ1v) is 8.00. The molecule has 0 saturated carbocycles. The van der Waals surface area contributed by atoms with Crippen molar-refractivity contribution in [3.05, 3.63) is 0 Å². The van der Waals surface area contributed by atoms with Crippen LogP contribution in [-0.4, -0.2) is 51.9 Å². The van der Waals surface area contributed by atoms with Crippen molar-refractivity contribution in [2.24, 2.45) is 0 Å². The second kappa shape index (κ2) is 10.7. The van der Waals surface area contributed by atoms with Crippen LogP contribution in [0.3, 0.4) is 0 Å². The third-order valence-corrected chi connectivity index (χ3v) is 3.00. The molecule has 0 atom stereocenters. The van der Waals surface area contributed by atoms with Crippen LogP contribution in [0.4, 0.5) is 0 Å². The van der Waals surface area contributed by atoms with Crippen LogP contribution in [0.15, 0.2) is 0 Å². The van der Waals surface area contributed by atoms with Crippen LogP contribution in [0.2, 0.25) is 0 Å². The van der Waals surface area contributed by atoms with Crippen LogP contribution in [0.5, 0.6) is 0 Å². The minimum absolute atomic E-state index is 0. The zero-order valence-electron chi connectivity index (χ0n) is 9.65. The van der Waals surface area contributed by atoms with Gasteiger partial charge in [0.2, 0.25) is 41.6 Å². The summed E-state index contributed by atoms with van der Waals surface area (Å²) >= 11 is 0. The first-order chi connectivity index (χ1) is 7.41. The Bertz CT molecular complexity index is 541. The summed E-state index contributed by atoms with van der Waals surface area (Å²) in [5, 5.41) is 0. The average Bonchev–Trinajstić information content (AvgIpc) is 1.64. The minimum atomic E-state index is -5.43. The summed E-state index contributed by atoms with van der Waals surface area (Å²) in [5.41, 5.74) is 0. The first-order valence-electron chi connectivity index (χ1n) is 2.67. The van der Waals surface area contributed by atoms with Crippen molar-refractivity contribution in [1.29, 1.82) is 0 Å². The SMILES string of the molecule is O=S(=O)([O-])OS(=O)(=O)[O-].O=S(=O)([O-])OS(=O)(=O)[O-].[Cu+2].[NH4+].[NH4+]. The third kappa shape index (κ3) is 45.0. The van der Waals surface area contributed by atoms with Crippen LogP contribution in [0, 0.1) is 0 Å². The van der Waals surface area contributed by atoms with Crippen molar-refractivity contribution < 1.29 is 76.2 Å². The van der Waals surface area contributed by atoms with E-state index in [9.17, 15) is 51.9 Å². The Hall–Kier alpha value is -0.000519. The van der Waals surface area contributed by atoms with Gasteiger partial charge in [0.1, 0.15) is 0 Å². The summed E-state index contributed by atoms with van der Waals surface area (Å²) in [7, 11) is -21.7.